The fourth-order valence-corrected chi connectivity index (χ4v) is 0.621. The molecule has 2 rings (SSSR count). The van der Waals surface area contributed by atoms with Gasteiger partial charge in [0.25, 0.3) is 0 Å². The van der Waals surface area contributed by atoms with E-state index in [0.717, 1.165) is 5.39 Å². The smallest absolute Gasteiger partial charge is 0.156 e. The lowest BCUT2D eigenvalue weighted by atomic mass is 10.4. The first-order valence-electron chi connectivity index (χ1n) is 2.64. The molecule has 0 atom stereocenters. The van der Waals surface area contributed by atoms with Crippen molar-refractivity contribution in [2.75, 3.05) is 0 Å². The summed E-state index contributed by atoms with van der Waals surface area (Å²) in [6.07, 6.45) is 3.00. The van der Waals surface area contributed by atoms with Gasteiger partial charge < -0.3 is 0 Å². The largest absolute Gasteiger partial charge is 0.207 e. The number of aromatic nitrogens is 5. The Morgan fingerprint density at radius 2 is 2.20 bits per heavy atom. The van der Waals surface area contributed by atoms with Crippen LogP contribution >= 0.6 is 0 Å². The molecule has 47 valence electrons. The van der Waals surface area contributed by atoms with Crippen molar-refractivity contribution >= 4 is 11.0 Å². The lowest BCUT2D eigenvalue weighted by Crippen LogP contribution is -1.90. The van der Waals surface area contributed by atoms with Crippen LogP contribution in [0, 0.1) is 6.07 Å². The maximum absolute atomic E-state index is 3.69. The Hall–Kier alpha value is -1.65. The molecule has 0 unspecified atom stereocenters. The van der Waals surface area contributed by atoms with Gasteiger partial charge in [-0.3, -0.25) is 0 Å². The van der Waals surface area contributed by atoms with Crippen LogP contribution in [0.2, 0.25) is 0 Å². The standard InChI is InChI=1S/C5H2N5/c1-2-6-8-5-4(1)3-7-10-9-5/h2-3H. The minimum Gasteiger partial charge on any atom is -0.156 e. The third-order valence-electron chi connectivity index (χ3n) is 1.05. The van der Waals surface area contributed by atoms with Crippen LogP contribution in [-0.2, 0) is 0 Å². The highest BCUT2D eigenvalue weighted by Crippen LogP contribution is 1.98. The lowest BCUT2D eigenvalue weighted by Gasteiger charge is -1.86. The number of rotatable bonds is 0. The van der Waals surface area contributed by atoms with E-state index >= 15 is 0 Å². The molecule has 0 saturated heterocycles. The monoisotopic (exact) mass is 132 g/mol. The first kappa shape index (κ1) is 5.16. The Balaban J connectivity index is 2.89. The van der Waals surface area contributed by atoms with Crippen LogP contribution in [0.15, 0.2) is 12.4 Å². The van der Waals surface area contributed by atoms with Crippen molar-refractivity contribution in [2.24, 2.45) is 0 Å². The van der Waals surface area contributed by atoms with Gasteiger partial charge in [-0.05, 0) is 5.21 Å². The molecule has 2 aromatic rings. The molecule has 10 heavy (non-hydrogen) atoms. The van der Waals surface area contributed by atoms with Crippen molar-refractivity contribution in [3.63, 3.8) is 0 Å². The van der Waals surface area contributed by atoms with Gasteiger partial charge in [0.1, 0.15) is 0 Å². The molecule has 2 aromatic heterocycles. The summed E-state index contributed by atoms with van der Waals surface area (Å²) in [7, 11) is 0. The molecule has 0 amide bonds. The fourth-order valence-electron chi connectivity index (χ4n) is 0.621. The summed E-state index contributed by atoms with van der Waals surface area (Å²) in [4.78, 5) is 0. The highest BCUT2D eigenvalue weighted by Gasteiger charge is 1.92. The molecule has 5 nitrogen and oxygen atoms in total. The van der Waals surface area contributed by atoms with Crippen LogP contribution in [0.3, 0.4) is 0 Å². The van der Waals surface area contributed by atoms with Crippen LogP contribution in [0.1, 0.15) is 0 Å². The molecule has 0 aliphatic heterocycles. The Labute approximate surface area is 56.1 Å². The lowest BCUT2D eigenvalue weighted by molar-refractivity contribution is 0.871. The molecule has 0 spiro atoms. The molecule has 0 bridgehead atoms. The Morgan fingerprint density at radius 1 is 1.20 bits per heavy atom. The zero-order valence-electron chi connectivity index (χ0n) is 4.89. The molecule has 0 aliphatic carbocycles. The normalized spacial score (nSPS) is 10.0. The predicted molar refractivity (Wildman–Crippen MR) is 31.8 cm³/mol. The number of hydrogen-bond donors (Lipinski definition) is 0. The van der Waals surface area contributed by atoms with Gasteiger partial charge >= 0.3 is 0 Å². The van der Waals surface area contributed by atoms with E-state index in [9.17, 15) is 0 Å². The summed E-state index contributed by atoms with van der Waals surface area (Å²) in [5, 5.41) is 18.5. The van der Waals surface area contributed by atoms with Crippen molar-refractivity contribution in [2.45, 2.75) is 0 Å². The molecule has 5 heteroatoms. The van der Waals surface area contributed by atoms with Gasteiger partial charge in [0.2, 0.25) is 5.65 Å². The molecule has 0 N–H and O–H groups in total. The topological polar surface area (TPSA) is 64.5 Å². The third-order valence-corrected chi connectivity index (χ3v) is 1.05. The summed E-state index contributed by atoms with van der Waals surface area (Å²) < 4.78 is 0. The van der Waals surface area contributed by atoms with E-state index in [-0.39, 0.29) is 0 Å². The zero-order chi connectivity index (χ0) is 6.81. The Bertz CT molecular complexity index is 281. The number of nitrogens with zero attached hydrogens (tertiary/aromatic N) is 5. The summed E-state index contributed by atoms with van der Waals surface area (Å²) >= 11 is 0. The van der Waals surface area contributed by atoms with E-state index in [2.05, 4.69) is 31.7 Å². The van der Waals surface area contributed by atoms with Gasteiger partial charge in [0.15, 0.2) is 0 Å². The second-order valence-corrected chi connectivity index (χ2v) is 1.66. The summed E-state index contributed by atoms with van der Waals surface area (Å²) in [5.41, 5.74) is 0.470. The number of fused-ring (bicyclic) bond motifs is 1. The maximum atomic E-state index is 3.69. The van der Waals surface area contributed by atoms with Crippen molar-refractivity contribution in [1.29, 1.82) is 0 Å². The molecule has 0 aliphatic rings. The second-order valence-electron chi connectivity index (χ2n) is 1.66. The van der Waals surface area contributed by atoms with E-state index < -0.39 is 0 Å². The first-order valence-corrected chi connectivity index (χ1v) is 2.64. The molecular formula is C5H2N5. The minimum atomic E-state index is 0.470. The number of hydrogen-bond acceptors (Lipinski definition) is 5. The van der Waals surface area contributed by atoms with Gasteiger partial charge in [-0.1, -0.05) is 0 Å². The minimum absolute atomic E-state index is 0.470. The van der Waals surface area contributed by atoms with Crippen molar-refractivity contribution in [1.82, 2.24) is 25.6 Å². The van der Waals surface area contributed by atoms with Crippen molar-refractivity contribution < 1.29 is 0 Å². The predicted octanol–water partition coefficient (Wildman–Crippen LogP) is -0.385. The third kappa shape index (κ3) is 0.680. The molecule has 1 radical (unpaired) electrons. The van der Waals surface area contributed by atoms with E-state index in [0.29, 0.717) is 5.65 Å². The molecule has 0 saturated carbocycles. The van der Waals surface area contributed by atoms with Gasteiger partial charge in [-0.15, -0.1) is 15.3 Å². The van der Waals surface area contributed by atoms with Gasteiger partial charge in [0, 0.05) is 6.07 Å². The SMILES string of the molecule is [c]1cnnc2nnncc12. The average Bonchev–Trinajstić information content (AvgIpc) is 2.05. The fraction of sp³-hybridized carbons (Fsp3) is 0. The Morgan fingerprint density at radius 3 is 3.10 bits per heavy atom. The van der Waals surface area contributed by atoms with Crippen LogP contribution < -0.4 is 0 Å². The summed E-state index contributed by atoms with van der Waals surface area (Å²) in [6, 6.07) is 2.81. The molecule has 0 fully saturated rings. The second kappa shape index (κ2) is 1.94. The molecular weight excluding hydrogens is 130 g/mol. The van der Waals surface area contributed by atoms with E-state index in [1.165, 1.54) is 12.4 Å². The van der Waals surface area contributed by atoms with Gasteiger partial charge in [-0.2, -0.15) is 5.10 Å². The summed E-state index contributed by atoms with van der Waals surface area (Å²) in [6.45, 7) is 0. The average molecular weight is 132 g/mol. The van der Waals surface area contributed by atoms with E-state index in [1.807, 2.05) is 0 Å². The van der Waals surface area contributed by atoms with Gasteiger partial charge in [-0.25, -0.2) is 0 Å². The van der Waals surface area contributed by atoms with E-state index in [1.54, 1.807) is 0 Å². The van der Waals surface area contributed by atoms with Crippen LogP contribution in [0.4, 0.5) is 0 Å². The first-order chi connectivity index (χ1) is 4.97. The molecule has 0 aromatic carbocycles. The Kier molecular flexibility index (Phi) is 1.00. The van der Waals surface area contributed by atoms with E-state index in [4.69, 9.17) is 0 Å². The van der Waals surface area contributed by atoms with Crippen molar-refractivity contribution in [3.8, 4) is 0 Å². The molecule has 2 heterocycles. The highest BCUT2D eigenvalue weighted by atomic mass is 15.3. The van der Waals surface area contributed by atoms with Crippen LogP contribution in [-0.4, -0.2) is 25.6 Å². The summed E-state index contributed by atoms with van der Waals surface area (Å²) in [5.74, 6) is 0. The highest BCUT2D eigenvalue weighted by molar-refractivity contribution is 5.70. The maximum Gasteiger partial charge on any atom is 0.207 e. The van der Waals surface area contributed by atoms with Crippen molar-refractivity contribution in [3.05, 3.63) is 18.5 Å². The zero-order valence-corrected chi connectivity index (χ0v) is 4.89. The van der Waals surface area contributed by atoms with Crippen LogP contribution in [0.25, 0.3) is 11.0 Å². The van der Waals surface area contributed by atoms with Gasteiger partial charge in [0.05, 0.1) is 17.8 Å². The quantitative estimate of drug-likeness (QED) is 0.488. The van der Waals surface area contributed by atoms with Crippen LogP contribution in [0.5, 0.6) is 0 Å².